The summed E-state index contributed by atoms with van der Waals surface area (Å²) >= 11 is 11.4. The first-order valence-electron chi connectivity index (χ1n) is 7.82. The summed E-state index contributed by atoms with van der Waals surface area (Å²) in [7, 11) is 1.51. The normalized spacial score (nSPS) is 11.4. The number of alkyl halides is 3. The largest absolute Gasteiger partial charge is 0.417 e. The second-order valence-electron chi connectivity index (χ2n) is 5.80. The molecule has 0 radical (unpaired) electrons. The van der Waals surface area contributed by atoms with Crippen molar-refractivity contribution >= 4 is 46.4 Å². The minimum atomic E-state index is -4.64. The Balaban J connectivity index is 1.90. The first kappa shape index (κ1) is 21.9. The molecule has 2 rings (SSSR count). The lowest BCUT2D eigenvalue weighted by Gasteiger charge is -2.17. The third-order valence-corrected chi connectivity index (χ3v) is 4.05. The van der Waals surface area contributed by atoms with Gasteiger partial charge in [0.15, 0.2) is 5.15 Å². The molecule has 1 heterocycles. The van der Waals surface area contributed by atoms with E-state index in [1.807, 2.05) is 0 Å². The van der Waals surface area contributed by atoms with Gasteiger partial charge in [-0.2, -0.15) is 13.2 Å². The number of carbonyl (C=O) groups is 2. The lowest BCUT2D eigenvalue weighted by molar-refractivity contribution is -0.137. The predicted molar refractivity (Wildman–Crippen MR) is 100 cm³/mol. The molecule has 0 saturated heterocycles. The predicted octanol–water partition coefficient (Wildman–Crippen LogP) is 3.92. The molecule has 0 aliphatic carbocycles. The highest BCUT2D eigenvalue weighted by molar-refractivity contribution is 6.32. The third-order valence-electron chi connectivity index (χ3n) is 3.42. The first-order chi connectivity index (χ1) is 13.1. The molecule has 6 nitrogen and oxygen atoms in total. The van der Waals surface area contributed by atoms with Crippen molar-refractivity contribution in [3.63, 3.8) is 0 Å². The van der Waals surface area contributed by atoms with Gasteiger partial charge in [0, 0.05) is 11.9 Å². The van der Waals surface area contributed by atoms with Crippen molar-refractivity contribution in [1.29, 1.82) is 0 Å². The fourth-order valence-corrected chi connectivity index (χ4v) is 2.63. The van der Waals surface area contributed by atoms with Crippen LogP contribution in [0, 0.1) is 0 Å². The van der Waals surface area contributed by atoms with Crippen molar-refractivity contribution in [3.8, 4) is 0 Å². The molecule has 0 atom stereocenters. The quantitative estimate of drug-likeness (QED) is 0.675. The topological polar surface area (TPSA) is 74.3 Å². The van der Waals surface area contributed by atoms with Crippen molar-refractivity contribution in [3.05, 3.63) is 52.3 Å². The number of halogens is 5. The highest BCUT2D eigenvalue weighted by atomic mass is 35.5. The van der Waals surface area contributed by atoms with Gasteiger partial charge < -0.3 is 10.6 Å². The number of amides is 2. The number of anilines is 2. The Labute approximate surface area is 168 Å². The van der Waals surface area contributed by atoms with Gasteiger partial charge in [0.1, 0.15) is 0 Å². The van der Waals surface area contributed by atoms with E-state index < -0.39 is 28.6 Å². The molecule has 2 aromatic rings. The van der Waals surface area contributed by atoms with Gasteiger partial charge in [0.05, 0.1) is 29.4 Å². The summed E-state index contributed by atoms with van der Waals surface area (Å²) < 4.78 is 38.6. The molecule has 0 saturated carbocycles. The molecule has 0 unspecified atom stereocenters. The summed E-state index contributed by atoms with van der Waals surface area (Å²) in [6.45, 7) is -0.370. The Kier molecular flexibility index (Phi) is 7.22. The van der Waals surface area contributed by atoms with E-state index in [9.17, 15) is 22.8 Å². The minimum absolute atomic E-state index is 0.0540. The zero-order valence-electron chi connectivity index (χ0n) is 14.5. The molecular weight excluding hydrogens is 420 g/mol. The van der Waals surface area contributed by atoms with E-state index in [2.05, 4.69) is 15.6 Å². The van der Waals surface area contributed by atoms with Crippen LogP contribution in [0.2, 0.25) is 10.2 Å². The van der Waals surface area contributed by atoms with Crippen LogP contribution in [0.25, 0.3) is 0 Å². The second-order valence-corrected chi connectivity index (χ2v) is 6.57. The lowest BCUT2D eigenvalue weighted by atomic mass is 10.2. The number of carbonyl (C=O) groups excluding carboxylic acids is 2. The molecule has 150 valence electrons. The molecule has 0 bridgehead atoms. The van der Waals surface area contributed by atoms with Crippen molar-refractivity contribution in [2.75, 3.05) is 30.8 Å². The maximum Gasteiger partial charge on any atom is 0.417 e. The molecular formula is C17H15Cl2F3N4O2. The molecule has 1 aromatic heterocycles. The monoisotopic (exact) mass is 434 g/mol. The average Bonchev–Trinajstić information content (AvgIpc) is 2.57. The fraction of sp³-hybridized carbons (Fsp3) is 0.235. The molecule has 0 spiro atoms. The van der Waals surface area contributed by atoms with E-state index in [1.54, 1.807) is 12.1 Å². The molecule has 0 fully saturated rings. The van der Waals surface area contributed by atoms with Crippen LogP contribution in [0.3, 0.4) is 0 Å². The van der Waals surface area contributed by atoms with Crippen LogP contribution in [-0.4, -0.2) is 41.8 Å². The molecule has 2 N–H and O–H groups in total. The van der Waals surface area contributed by atoms with Gasteiger partial charge in [-0.3, -0.25) is 14.5 Å². The number of nitrogens with one attached hydrogen (secondary N) is 2. The number of hydrogen-bond donors (Lipinski definition) is 2. The SMILES string of the molecule is CN(CC(=O)Nc1ccc(Cl)c(C(F)(F)F)c1)CC(=O)Nc1cccnc1Cl. The Bertz CT molecular complexity index is 878. The van der Waals surface area contributed by atoms with Gasteiger partial charge in [-0.05, 0) is 37.4 Å². The highest BCUT2D eigenvalue weighted by Gasteiger charge is 2.33. The number of aromatic nitrogens is 1. The molecule has 11 heteroatoms. The van der Waals surface area contributed by atoms with Crippen LogP contribution in [-0.2, 0) is 15.8 Å². The molecule has 0 aliphatic heterocycles. The van der Waals surface area contributed by atoms with Crippen molar-refractivity contribution in [1.82, 2.24) is 9.88 Å². The van der Waals surface area contributed by atoms with Crippen LogP contribution in [0.1, 0.15) is 5.56 Å². The molecule has 2 amide bonds. The van der Waals surface area contributed by atoms with Gasteiger partial charge in [0.25, 0.3) is 0 Å². The first-order valence-corrected chi connectivity index (χ1v) is 8.57. The Morgan fingerprint density at radius 1 is 1.11 bits per heavy atom. The minimum Gasteiger partial charge on any atom is -0.325 e. The van der Waals surface area contributed by atoms with Crippen molar-refractivity contribution in [2.45, 2.75) is 6.18 Å². The van der Waals surface area contributed by atoms with Crippen LogP contribution >= 0.6 is 23.2 Å². The highest BCUT2D eigenvalue weighted by Crippen LogP contribution is 2.36. The molecule has 28 heavy (non-hydrogen) atoms. The van der Waals surface area contributed by atoms with E-state index >= 15 is 0 Å². The Morgan fingerprint density at radius 3 is 2.36 bits per heavy atom. The van der Waals surface area contributed by atoms with E-state index in [-0.39, 0.29) is 23.9 Å². The van der Waals surface area contributed by atoms with Crippen LogP contribution < -0.4 is 10.6 Å². The molecule has 0 aliphatic rings. The summed E-state index contributed by atoms with van der Waals surface area (Å²) in [5, 5.41) is 4.55. The van der Waals surface area contributed by atoms with Gasteiger partial charge >= 0.3 is 6.18 Å². The van der Waals surface area contributed by atoms with Crippen LogP contribution in [0.4, 0.5) is 24.5 Å². The average molecular weight is 435 g/mol. The third kappa shape index (κ3) is 6.36. The number of nitrogens with zero attached hydrogens (tertiary/aromatic N) is 2. The smallest absolute Gasteiger partial charge is 0.325 e. The Hall–Kier alpha value is -2.36. The van der Waals surface area contributed by atoms with Gasteiger partial charge in [0.2, 0.25) is 11.8 Å². The number of rotatable bonds is 6. The van der Waals surface area contributed by atoms with Gasteiger partial charge in [-0.25, -0.2) is 4.98 Å². The van der Waals surface area contributed by atoms with Gasteiger partial charge in [-0.15, -0.1) is 0 Å². The van der Waals surface area contributed by atoms with Gasteiger partial charge in [-0.1, -0.05) is 23.2 Å². The number of pyridine rings is 1. The second kappa shape index (κ2) is 9.22. The van der Waals surface area contributed by atoms with E-state index in [4.69, 9.17) is 23.2 Å². The van der Waals surface area contributed by atoms with Crippen molar-refractivity contribution < 1.29 is 22.8 Å². The summed E-state index contributed by atoms with van der Waals surface area (Å²) in [5.74, 6) is -1.03. The zero-order valence-corrected chi connectivity index (χ0v) is 16.0. The summed E-state index contributed by atoms with van der Waals surface area (Å²) in [5.41, 5.74) is -0.775. The van der Waals surface area contributed by atoms with Crippen molar-refractivity contribution in [2.24, 2.45) is 0 Å². The van der Waals surface area contributed by atoms with E-state index in [0.717, 1.165) is 12.1 Å². The Morgan fingerprint density at radius 2 is 1.75 bits per heavy atom. The zero-order chi connectivity index (χ0) is 20.9. The number of benzene rings is 1. The summed E-state index contributed by atoms with van der Waals surface area (Å²) in [6, 6.07) is 6.22. The fourth-order valence-electron chi connectivity index (χ4n) is 2.24. The standard InChI is InChI=1S/C17H15Cl2F3N4O2/c1-26(9-15(28)25-13-3-2-6-23-16(13)19)8-14(27)24-10-4-5-12(18)11(7-10)17(20,21)22/h2-7H,8-9H2,1H3,(H,24,27)(H,25,28). The lowest BCUT2D eigenvalue weighted by Crippen LogP contribution is -2.36. The number of hydrogen-bond acceptors (Lipinski definition) is 4. The van der Waals surface area contributed by atoms with Crippen LogP contribution in [0.15, 0.2) is 36.5 Å². The maximum absolute atomic E-state index is 12.9. The number of likely N-dealkylation sites (N-methyl/N-ethyl adjacent to an activating group) is 1. The maximum atomic E-state index is 12.9. The van der Waals surface area contributed by atoms with E-state index in [1.165, 1.54) is 24.2 Å². The molecule has 1 aromatic carbocycles. The summed E-state index contributed by atoms with van der Waals surface area (Å²) in [4.78, 5) is 29.2. The van der Waals surface area contributed by atoms with E-state index in [0.29, 0.717) is 5.69 Å². The van der Waals surface area contributed by atoms with Crippen LogP contribution in [0.5, 0.6) is 0 Å². The summed E-state index contributed by atoms with van der Waals surface area (Å²) in [6.07, 6.45) is -3.17.